The summed E-state index contributed by atoms with van der Waals surface area (Å²) in [4.78, 5) is 0. The summed E-state index contributed by atoms with van der Waals surface area (Å²) in [5.41, 5.74) is 2.51. The number of benzene rings is 1. The Balaban J connectivity index is 2.60. The molecule has 14 heavy (non-hydrogen) atoms. The van der Waals surface area contributed by atoms with Gasteiger partial charge in [-0.15, -0.1) is 0 Å². The van der Waals surface area contributed by atoms with Crippen molar-refractivity contribution in [3.8, 4) is 0 Å². The van der Waals surface area contributed by atoms with E-state index < -0.39 is 11.0 Å². The lowest BCUT2D eigenvalue weighted by Gasteiger charge is -2.36. The summed E-state index contributed by atoms with van der Waals surface area (Å²) in [5, 5.41) is 0. The predicted molar refractivity (Wildman–Crippen MR) is 59.1 cm³/mol. The molecule has 1 aliphatic rings. The fourth-order valence-electron chi connectivity index (χ4n) is 2.03. The highest BCUT2D eigenvalue weighted by atomic mass is 32.2. The Morgan fingerprint density at radius 1 is 1.36 bits per heavy atom. The minimum atomic E-state index is -0.923. The van der Waals surface area contributed by atoms with Crippen molar-refractivity contribution in [3.63, 3.8) is 0 Å². The molecule has 1 aliphatic heterocycles. The quantitative estimate of drug-likeness (QED) is 0.640. The van der Waals surface area contributed by atoms with Crippen molar-refractivity contribution in [2.45, 2.75) is 25.1 Å². The summed E-state index contributed by atoms with van der Waals surface area (Å²) in [7, 11) is 0.987. The first kappa shape index (κ1) is 9.87. The number of rotatable bonds is 0. The molecule has 0 saturated carbocycles. The van der Waals surface area contributed by atoms with Crippen LogP contribution < -0.4 is 0 Å². The molecule has 1 aromatic rings. The molecule has 0 radical (unpaired) electrons. The van der Waals surface area contributed by atoms with E-state index in [1.807, 2.05) is 37.3 Å². The lowest BCUT2D eigenvalue weighted by Crippen LogP contribution is -2.40. The SMILES string of the molecule is CN1Cc2ccccc2C(C)(C)S1=O. The van der Waals surface area contributed by atoms with Crippen LogP contribution in [0.4, 0.5) is 0 Å². The van der Waals surface area contributed by atoms with Crippen LogP contribution in [-0.2, 0) is 22.3 Å². The molecule has 1 unspecified atom stereocenters. The average molecular weight is 209 g/mol. The minimum Gasteiger partial charge on any atom is -0.242 e. The van der Waals surface area contributed by atoms with Crippen molar-refractivity contribution < 1.29 is 4.21 Å². The van der Waals surface area contributed by atoms with E-state index in [9.17, 15) is 4.21 Å². The van der Waals surface area contributed by atoms with Gasteiger partial charge in [-0.05, 0) is 25.0 Å². The maximum Gasteiger partial charge on any atom is 0.105 e. The molecule has 0 aliphatic carbocycles. The van der Waals surface area contributed by atoms with Gasteiger partial charge < -0.3 is 0 Å². The van der Waals surface area contributed by atoms with Crippen molar-refractivity contribution in [1.82, 2.24) is 4.31 Å². The van der Waals surface area contributed by atoms with E-state index in [1.54, 1.807) is 0 Å². The van der Waals surface area contributed by atoms with Crippen LogP contribution in [-0.4, -0.2) is 15.6 Å². The molecule has 2 rings (SSSR count). The van der Waals surface area contributed by atoms with E-state index in [1.165, 1.54) is 11.1 Å². The van der Waals surface area contributed by atoms with Crippen LogP contribution >= 0.6 is 0 Å². The second kappa shape index (κ2) is 3.17. The molecule has 1 atom stereocenters. The Morgan fingerprint density at radius 3 is 2.71 bits per heavy atom. The predicted octanol–water partition coefficient (Wildman–Crippen LogP) is 2.03. The largest absolute Gasteiger partial charge is 0.242 e. The number of nitrogens with zero attached hydrogens (tertiary/aromatic N) is 1. The molecule has 2 nitrogen and oxygen atoms in total. The Bertz CT molecular complexity index is 387. The van der Waals surface area contributed by atoms with Crippen molar-refractivity contribution in [2.24, 2.45) is 0 Å². The zero-order valence-electron chi connectivity index (χ0n) is 8.78. The summed E-state index contributed by atoms with van der Waals surface area (Å²) >= 11 is 0. The van der Waals surface area contributed by atoms with Gasteiger partial charge in [-0.3, -0.25) is 0 Å². The fraction of sp³-hybridized carbons (Fsp3) is 0.455. The van der Waals surface area contributed by atoms with Crippen LogP contribution in [0.25, 0.3) is 0 Å². The van der Waals surface area contributed by atoms with E-state index in [0.29, 0.717) is 0 Å². The van der Waals surface area contributed by atoms with E-state index in [2.05, 4.69) is 12.1 Å². The Morgan fingerprint density at radius 2 is 2.00 bits per heavy atom. The third-order valence-corrected chi connectivity index (χ3v) is 4.57. The third kappa shape index (κ3) is 1.31. The molecule has 0 spiro atoms. The summed E-state index contributed by atoms with van der Waals surface area (Å²) in [6, 6.07) is 8.25. The maximum absolute atomic E-state index is 12.0. The molecule has 1 aromatic carbocycles. The molecule has 76 valence electrons. The first-order valence-corrected chi connectivity index (χ1v) is 5.85. The molecule has 0 amide bonds. The zero-order chi connectivity index (χ0) is 10.3. The standard InChI is InChI=1S/C11H15NOS/c1-11(2)10-7-5-4-6-9(10)8-12(3)14(11)13/h4-7H,8H2,1-3H3. The Labute approximate surface area is 87.5 Å². The molecular weight excluding hydrogens is 194 g/mol. The van der Waals surface area contributed by atoms with Gasteiger partial charge >= 0.3 is 0 Å². The fourth-order valence-corrected chi connectivity index (χ4v) is 3.45. The van der Waals surface area contributed by atoms with Gasteiger partial charge in [-0.25, -0.2) is 8.51 Å². The third-order valence-electron chi connectivity index (χ3n) is 2.78. The van der Waals surface area contributed by atoms with Gasteiger partial charge in [0.2, 0.25) is 0 Å². The second-order valence-electron chi connectivity index (χ2n) is 4.20. The summed E-state index contributed by atoms with van der Waals surface area (Å²) in [5.74, 6) is 0. The smallest absolute Gasteiger partial charge is 0.105 e. The van der Waals surface area contributed by atoms with Crippen LogP contribution in [0.1, 0.15) is 25.0 Å². The van der Waals surface area contributed by atoms with E-state index in [0.717, 1.165) is 6.54 Å². The zero-order valence-corrected chi connectivity index (χ0v) is 9.60. The topological polar surface area (TPSA) is 20.3 Å². The van der Waals surface area contributed by atoms with Gasteiger partial charge in [-0.1, -0.05) is 24.3 Å². The molecule has 0 fully saturated rings. The van der Waals surface area contributed by atoms with Crippen LogP contribution in [0.2, 0.25) is 0 Å². The molecule has 0 bridgehead atoms. The van der Waals surface area contributed by atoms with Crippen LogP contribution in [0, 0.1) is 0 Å². The summed E-state index contributed by atoms with van der Waals surface area (Å²) in [6.07, 6.45) is 0. The molecular formula is C11H15NOS. The van der Waals surface area contributed by atoms with E-state index in [-0.39, 0.29) is 4.75 Å². The Kier molecular flexibility index (Phi) is 2.24. The molecule has 0 saturated heterocycles. The molecule has 0 aromatic heterocycles. The lowest BCUT2D eigenvalue weighted by molar-refractivity contribution is 0.470. The normalized spacial score (nSPS) is 25.8. The Hall–Kier alpha value is -0.670. The highest BCUT2D eigenvalue weighted by Gasteiger charge is 2.36. The van der Waals surface area contributed by atoms with E-state index in [4.69, 9.17) is 0 Å². The summed E-state index contributed by atoms with van der Waals surface area (Å²) in [6.45, 7) is 4.86. The first-order valence-electron chi connectivity index (χ1n) is 4.75. The monoisotopic (exact) mass is 209 g/mol. The molecule has 3 heteroatoms. The molecule has 1 heterocycles. The van der Waals surface area contributed by atoms with Crippen molar-refractivity contribution >= 4 is 11.0 Å². The van der Waals surface area contributed by atoms with Gasteiger partial charge in [0, 0.05) is 13.6 Å². The minimum absolute atomic E-state index is 0.260. The van der Waals surface area contributed by atoms with Crippen LogP contribution in [0.15, 0.2) is 24.3 Å². The highest BCUT2D eigenvalue weighted by molar-refractivity contribution is 7.83. The van der Waals surface area contributed by atoms with Gasteiger partial charge in [0.1, 0.15) is 11.0 Å². The van der Waals surface area contributed by atoms with Crippen LogP contribution in [0.3, 0.4) is 0 Å². The average Bonchev–Trinajstić information content (AvgIpc) is 2.15. The van der Waals surface area contributed by atoms with E-state index >= 15 is 0 Å². The van der Waals surface area contributed by atoms with Gasteiger partial charge in [0.05, 0.1) is 4.75 Å². The van der Waals surface area contributed by atoms with Gasteiger partial charge in [0.15, 0.2) is 0 Å². The lowest BCUT2D eigenvalue weighted by atomic mass is 9.96. The number of fused-ring (bicyclic) bond motifs is 1. The highest BCUT2D eigenvalue weighted by Crippen LogP contribution is 2.36. The first-order chi connectivity index (χ1) is 6.53. The van der Waals surface area contributed by atoms with Crippen LogP contribution in [0.5, 0.6) is 0 Å². The molecule has 0 N–H and O–H groups in total. The number of hydrogen-bond acceptors (Lipinski definition) is 1. The number of hydrogen-bond donors (Lipinski definition) is 0. The van der Waals surface area contributed by atoms with Crippen molar-refractivity contribution in [3.05, 3.63) is 35.4 Å². The van der Waals surface area contributed by atoms with Gasteiger partial charge in [-0.2, -0.15) is 0 Å². The van der Waals surface area contributed by atoms with Gasteiger partial charge in [0.25, 0.3) is 0 Å². The van der Waals surface area contributed by atoms with Crippen molar-refractivity contribution in [2.75, 3.05) is 7.05 Å². The maximum atomic E-state index is 12.0. The van der Waals surface area contributed by atoms with Crippen molar-refractivity contribution in [1.29, 1.82) is 0 Å². The summed E-state index contributed by atoms with van der Waals surface area (Å²) < 4.78 is 13.7. The second-order valence-corrected chi connectivity index (χ2v) is 6.34.